The van der Waals surface area contributed by atoms with Crippen LogP contribution in [0.25, 0.3) is 0 Å². The molecule has 1 aliphatic rings. The van der Waals surface area contributed by atoms with Gasteiger partial charge in [0, 0.05) is 31.8 Å². The lowest BCUT2D eigenvalue weighted by Crippen LogP contribution is -2.52. The van der Waals surface area contributed by atoms with Gasteiger partial charge in [-0.15, -0.1) is 0 Å². The number of nitrogens with zero attached hydrogens (tertiary/aromatic N) is 1. The highest BCUT2D eigenvalue weighted by Gasteiger charge is 2.34. The van der Waals surface area contributed by atoms with E-state index in [-0.39, 0.29) is 0 Å². The molecule has 0 aromatic rings. The van der Waals surface area contributed by atoms with Crippen LogP contribution in [0, 0.1) is 0 Å². The van der Waals surface area contributed by atoms with E-state index in [1.807, 2.05) is 0 Å². The second kappa shape index (κ2) is 7.34. The first kappa shape index (κ1) is 14.9. The topological polar surface area (TPSA) is 24.5 Å². The Morgan fingerprint density at radius 1 is 1.41 bits per heavy atom. The van der Waals surface area contributed by atoms with Crippen LogP contribution in [0.15, 0.2) is 0 Å². The highest BCUT2D eigenvalue weighted by Crippen LogP contribution is 2.25. The van der Waals surface area contributed by atoms with Crippen LogP contribution < -0.4 is 5.32 Å². The molecule has 0 spiro atoms. The summed E-state index contributed by atoms with van der Waals surface area (Å²) in [4.78, 5) is 2.59. The van der Waals surface area contributed by atoms with Gasteiger partial charge in [0.25, 0.3) is 0 Å². The fourth-order valence-corrected chi connectivity index (χ4v) is 2.73. The van der Waals surface area contributed by atoms with Crippen LogP contribution in [0.5, 0.6) is 0 Å². The van der Waals surface area contributed by atoms with E-state index in [0.29, 0.717) is 11.6 Å². The van der Waals surface area contributed by atoms with Gasteiger partial charge in [-0.3, -0.25) is 4.90 Å². The van der Waals surface area contributed by atoms with Crippen molar-refractivity contribution in [3.63, 3.8) is 0 Å². The molecule has 0 aromatic heterocycles. The summed E-state index contributed by atoms with van der Waals surface area (Å²) in [7, 11) is 1.79. The predicted octanol–water partition coefficient (Wildman–Crippen LogP) is 2.27. The van der Waals surface area contributed by atoms with Gasteiger partial charge in [-0.05, 0) is 39.2 Å². The van der Waals surface area contributed by atoms with Gasteiger partial charge >= 0.3 is 0 Å². The van der Waals surface area contributed by atoms with Gasteiger partial charge < -0.3 is 10.1 Å². The lowest BCUT2D eigenvalue weighted by molar-refractivity contribution is 0.0958. The van der Waals surface area contributed by atoms with E-state index < -0.39 is 0 Å². The van der Waals surface area contributed by atoms with Gasteiger partial charge in [-0.1, -0.05) is 13.8 Å². The normalized spacial score (nSPS) is 26.6. The molecule has 1 rings (SSSR count). The summed E-state index contributed by atoms with van der Waals surface area (Å²) in [6.45, 7) is 11.1. The summed E-state index contributed by atoms with van der Waals surface area (Å²) >= 11 is 0. The SMILES string of the molecule is CCC(C)N(CCOC)CC1(CC)CCCN1. The number of hydrogen-bond donors (Lipinski definition) is 1. The quantitative estimate of drug-likeness (QED) is 0.706. The fraction of sp³-hybridized carbons (Fsp3) is 1.00. The summed E-state index contributed by atoms with van der Waals surface area (Å²) in [5.74, 6) is 0. The predicted molar refractivity (Wildman–Crippen MR) is 73.5 cm³/mol. The molecule has 1 fully saturated rings. The molecule has 2 atom stereocenters. The van der Waals surface area contributed by atoms with Gasteiger partial charge in [-0.25, -0.2) is 0 Å². The van der Waals surface area contributed by atoms with Crippen molar-refractivity contribution in [2.75, 3.05) is 33.4 Å². The van der Waals surface area contributed by atoms with Crippen molar-refractivity contribution in [3.8, 4) is 0 Å². The van der Waals surface area contributed by atoms with Crippen LogP contribution in [0.4, 0.5) is 0 Å². The zero-order chi connectivity index (χ0) is 12.7. The van der Waals surface area contributed by atoms with E-state index in [1.54, 1.807) is 7.11 Å². The molecule has 0 radical (unpaired) electrons. The van der Waals surface area contributed by atoms with E-state index in [4.69, 9.17) is 4.74 Å². The van der Waals surface area contributed by atoms with Gasteiger partial charge in [-0.2, -0.15) is 0 Å². The molecule has 0 amide bonds. The number of ether oxygens (including phenoxy) is 1. The average Bonchev–Trinajstić information content (AvgIpc) is 2.82. The maximum atomic E-state index is 5.24. The van der Waals surface area contributed by atoms with Gasteiger partial charge in [0.1, 0.15) is 0 Å². The first-order valence-electron chi connectivity index (χ1n) is 7.15. The molecule has 0 saturated carbocycles. The average molecular weight is 242 g/mol. The summed E-state index contributed by atoms with van der Waals surface area (Å²) in [6, 6.07) is 0.649. The van der Waals surface area contributed by atoms with Crippen molar-refractivity contribution in [1.29, 1.82) is 0 Å². The number of hydrogen-bond acceptors (Lipinski definition) is 3. The summed E-state index contributed by atoms with van der Waals surface area (Å²) in [6.07, 6.45) is 5.09. The standard InChI is InChI=1S/C14H30N2O/c1-5-13(3)16(10-11-17-4)12-14(6-2)8-7-9-15-14/h13,15H,5-12H2,1-4H3. The van der Waals surface area contributed by atoms with Crippen LogP contribution in [-0.2, 0) is 4.74 Å². The Morgan fingerprint density at radius 3 is 2.65 bits per heavy atom. The third-order valence-electron chi connectivity index (χ3n) is 4.31. The van der Waals surface area contributed by atoms with E-state index >= 15 is 0 Å². The van der Waals surface area contributed by atoms with Crippen LogP contribution in [0.1, 0.15) is 46.5 Å². The Kier molecular flexibility index (Phi) is 6.45. The van der Waals surface area contributed by atoms with Crippen molar-refractivity contribution in [2.24, 2.45) is 0 Å². The third kappa shape index (κ3) is 4.23. The van der Waals surface area contributed by atoms with Crippen molar-refractivity contribution >= 4 is 0 Å². The monoisotopic (exact) mass is 242 g/mol. The summed E-state index contributed by atoms with van der Waals surface area (Å²) in [5, 5.41) is 3.72. The molecular weight excluding hydrogens is 212 g/mol. The zero-order valence-electron chi connectivity index (χ0n) is 12.1. The molecule has 3 heteroatoms. The minimum absolute atomic E-state index is 0.358. The van der Waals surface area contributed by atoms with Crippen LogP contribution in [-0.4, -0.2) is 49.8 Å². The Bertz CT molecular complexity index is 202. The molecule has 1 N–H and O–H groups in total. The Hall–Kier alpha value is -0.120. The first-order valence-corrected chi connectivity index (χ1v) is 7.15. The van der Waals surface area contributed by atoms with Crippen molar-refractivity contribution in [1.82, 2.24) is 10.2 Å². The molecule has 1 saturated heterocycles. The Labute approximate surface area is 107 Å². The van der Waals surface area contributed by atoms with E-state index in [1.165, 1.54) is 38.8 Å². The maximum absolute atomic E-state index is 5.24. The minimum Gasteiger partial charge on any atom is -0.383 e. The highest BCUT2D eigenvalue weighted by atomic mass is 16.5. The molecule has 0 bridgehead atoms. The molecule has 0 aromatic carbocycles. The van der Waals surface area contributed by atoms with E-state index in [2.05, 4.69) is 31.0 Å². The number of nitrogens with one attached hydrogen (secondary N) is 1. The summed E-state index contributed by atoms with van der Waals surface area (Å²) in [5.41, 5.74) is 0.358. The van der Waals surface area contributed by atoms with E-state index in [9.17, 15) is 0 Å². The molecule has 0 aliphatic carbocycles. The van der Waals surface area contributed by atoms with Crippen molar-refractivity contribution in [2.45, 2.75) is 58.0 Å². The second-order valence-electron chi connectivity index (χ2n) is 5.38. The molecule has 1 heterocycles. The molecule has 2 unspecified atom stereocenters. The van der Waals surface area contributed by atoms with Crippen molar-refractivity contribution < 1.29 is 4.74 Å². The first-order chi connectivity index (χ1) is 8.17. The van der Waals surface area contributed by atoms with Crippen LogP contribution in [0.2, 0.25) is 0 Å². The van der Waals surface area contributed by atoms with Gasteiger partial charge in [0.2, 0.25) is 0 Å². The third-order valence-corrected chi connectivity index (χ3v) is 4.31. The van der Waals surface area contributed by atoms with Crippen molar-refractivity contribution in [3.05, 3.63) is 0 Å². The van der Waals surface area contributed by atoms with E-state index in [0.717, 1.165) is 13.2 Å². The molecule has 1 aliphatic heterocycles. The van der Waals surface area contributed by atoms with Gasteiger partial charge in [0.05, 0.1) is 6.61 Å². The maximum Gasteiger partial charge on any atom is 0.0589 e. The second-order valence-corrected chi connectivity index (χ2v) is 5.38. The fourth-order valence-electron chi connectivity index (χ4n) is 2.73. The lowest BCUT2D eigenvalue weighted by atomic mass is 9.92. The number of methoxy groups -OCH3 is 1. The number of rotatable bonds is 8. The van der Waals surface area contributed by atoms with Crippen LogP contribution in [0.3, 0.4) is 0 Å². The lowest BCUT2D eigenvalue weighted by Gasteiger charge is -2.38. The van der Waals surface area contributed by atoms with Gasteiger partial charge in [0.15, 0.2) is 0 Å². The van der Waals surface area contributed by atoms with Crippen LogP contribution >= 0.6 is 0 Å². The highest BCUT2D eigenvalue weighted by molar-refractivity contribution is 4.95. The Balaban J connectivity index is 2.56. The Morgan fingerprint density at radius 2 is 2.18 bits per heavy atom. The molecular formula is C14H30N2O. The zero-order valence-corrected chi connectivity index (χ0v) is 12.1. The largest absolute Gasteiger partial charge is 0.383 e. The molecule has 3 nitrogen and oxygen atoms in total. The molecule has 17 heavy (non-hydrogen) atoms. The smallest absolute Gasteiger partial charge is 0.0589 e. The minimum atomic E-state index is 0.358. The molecule has 102 valence electrons. The summed E-state index contributed by atoms with van der Waals surface area (Å²) < 4.78 is 5.24.